The highest BCUT2D eigenvalue weighted by molar-refractivity contribution is 5.26. The first-order chi connectivity index (χ1) is 7.62. The molecule has 0 amide bonds. The van der Waals surface area contributed by atoms with Crippen LogP contribution in [-0.4, -0.2) is 37.6 Å². The predicted molar refractivity (Wildman–Crippen MR) is 68.8 cm³/mol. The molecule has 1 saturated heterocycles. The number of rotatable bonds is 2. The molecular weight excluding hydrogens is 196 g/mol. The van der Waals surface area contributed by atoms with Crippen LogP contribution < -0.4 is 5.32 Å². The standard InChI is InChI=1S/C14H22N2/c1-14(2,12-7-5-4-6-8-12)13-11-15-9-10-16(13)3/h4-8,13,15H,9-11H2,1-3H3. The van der Waals surface area contributed by atoms with Crippen molar-refractivity contribution in [3.63, 3.8) is 0 Å². The average molecular weight is 218 g/mol. The predicted octanol–water partition coefficient (Wildman–Crippen LogP) is 1.87. The minimum absolute atomic E-state index is 0.198. The van der Waals surface area contributed by atoms with Crippen molar-refractivity contribution >= 4 is 0 Å². The van der Waals surface area contributed by atoms with E-state index in [9.17, 15) is 0 Å². The smallest absolute Gasteiger partial charge is 0.0309 e. The van der Waals surface area contributed by atoms with E-state index in [0.29, 0.717) is 6.04 Å². The van der Waals surface area contributed by atoms with Gasteiger partial charge in [0.2, 0.25) is 0 Å². The van der Waals surface area contributed by atoms with Gasteiger partial charge < -0.3 is 10.2 Å². The fourth-order valence-electron chi connectivity index (χ4n) is 2.67. The van der Waals surface area contributed by atoms with E-state index in [1.807, 2.05) is 0 Å². The molecule has 1 fully saturated rings. The highest BCUT2D eigenvalue weighted by Crippen LogP contribution is 2.30. The fourth-order valence-corrected chi connectivity index (χ4v) is 2.67. The van der Waals surface area contributed by atoms with Gasteiger partial charge in [-0.25, -0.2) is 0 Å². The molecule has 2 rings (SSSR count). The average Bonchev–Trinajstić information content (AvgIpc) is 2.30. The van der Waals surface area contributed by atoms with Crippen LogP contribution >= 0.6 is 0 Å². The number of nitrogens with zero attached hydrogens (tertiary/aromatic N) is 1. The molecule has 0 aromatic heterocycles. The zero-order valence-corrected chi connectivity index (χ0v) is 10.5. The first kappa shape index (κ1) is 11.6. The molecule has 0 spiro atoms. The van der Waals surface area contributed by atoms with Crippen molar-refractivity contribution in [2.24, 2.45) is 0 Å². The van der Waals surface area contributed by atoms with Gasteiger partial charge in [0.05, 0.1) is 0 Å². The van der Waals surface area contributed by atoms with Crippen molar-refractivity contribution in [3.05, 3.63) is 35.9 Å². The maximum absolute atomic E-state index is 3.50. The van der Waals surface area contributed by atoms with Gasteiger partial charge in [0.15, 0.2) is 0 Å². The molecule has 1 N–H and O–H groups in total. The normalized spacial score (nSPS) is 23.3. The quantitative estimate of drug-likeness (QED) is 0.815. The third kappa shape index (κ3) is 2.13. The van der Waals surface area contributed by atoms with Crippen molar-refractivity contribution in [1.82, 2.24) is 10.2 Å². The third-order valence-electron chi connectivity index (χ3n) is 3.86. The van der Waals surface area contributed by atoms with Gasteiger partial charge in [-0.3, -0.25) is 0 Å². The molecule has 0 radical (unpaired) electrons. The first-order valence-electron chi connectivity index (χ1n) is 6.09. The van der Waals surface area contributed by atoms with E-state index in [2.05, 4.69) is 61.4 Å². The molecule has 1 heterocycles. The summed E-state index contributed by atoms with van der Waals surface area (Å²) in [5.74, 6) is 0. The van der Waals surface area contributed by atoms with Crippen LogP contribution in [0.4, 0.5) is 0 Å². The van der Waals surface area contributed by atoms with E-state index in [1.165, 1.54) is 5.56 Å². The molecule has 0 saturated carbocycles. The lowest BCUT2D eigenvalue weighted by Gasteiger charge is -2.44. The van der Waals surface area contributed by atoms with Gasteiger partial charge in [-0.1, -0.05) is 44.2 Å². The summed E-state index contributed by atoms with van der Waals surface area (Å²) in [6.45, 7) is 8.02. The van der Waals surface area contributed by atoms with Gasteiger partial charge >= 0.3 is 0 Å². The Bertz CT molecular complexity index is 332. The molecule has 1 aliphatic rings. The van der Waals surface area contributed by atoms with Crippen LogP contribution in [0, 0.1) is 0 Å². The van der Waals surface area contributed by atoms with Crippen molar-refractivity contribution < 1.29 is 0 Å². The molecule has 1 atom stereocenters. The Morgan fingerprint density at radius 1 is 1.25 bits per heavy atom. The van der Waals surface area contributed by atoms with Crippen LogP contribution in [0.15, 0.2) is 30.3 Å². The monoisotopic (exact) mass is 218 g/mol. The van der Waals surface area contributed by atoms with E-state index in [0.717, 1.165) is 19.6 Å². The SMILES string of the molecule is CN1CCNCC1C(C)(C)c1ccccc1. The summed E-state index contributed by atoms with van der Waals surface area (Å²) < 4.78 is 0. The summed E-state index contributed by atoms with van der Waals surface area (Å²) in [5.41, 5.74) is 1.62. The Balaban J connectivity index is 2.23. The van der Waals surface area contributed by atoms with Crippen LogP contribution in [0.3, 0.4) is 0 Å². The third-order valence-corrected chi connectivity index (χ3v) is 3.86. The second kappa shape index (κ2) is 4.56. The number of benzene rings is 1. The number of nitrogens with one attached hydrogen (secondary N) is 1. The summed E-state index contributed by atoms with van der Waals surface area (Å²) in [4.78, 5) is 2.48. The topological polar surface area (TPSA) is 15.3 Å². The molecular formula is C14H22N2. The fraction of sp³-hybridized carbons (Fsp3) is 0.571. The molecule has 1 aliphatic heterocycles. The number of hydrogen-bond acceptors (Lipinski definition) is 2. The summed E-state index contributed by atoms with van der Waals surface area (Å²) in [6, 6.07) is 11.4. The summed E-state index contributed by atoms with van der Waals surface area (Å²) in [5, 5.41) is 3.50. The lowest BCUT2D eigenvalue weighted by atomic mass is 9.76. The Labute approximate surface area is 98.7 Å². The van der Waals surface area contributed by atoms with Gasteiger partial charge in [-0.2, -0.15) is 0 Å². The van der Waals surface area contributed by atoms with Crippen LogP contribution in [0.25, 0.3) is 0 Å². The van der Waals surface area contributed by atoms with Crippen LogP contribution in [0.1, 0.15) is 19.4 Å². The molecule has 0 bridgehead atoms. The molecule has 2 nitrogen and oxygen atoms in total. The van der Waals surface area contributed by atoms with E-state index >= 15 is 0 Å². The van der Waals surface area contributed by atoms with Crippen molar-refractivity contribution in [2.75, 3.05) is 26.7 Å². The largest absolute Gasteiger partial charge is 0.314 e. The van der Waals surface area contributed by atoms with Crippen molar-refractivity contribution in [3.8, 4) is 0 Å². The summed E-state index contributed by atoms with van der Waals surface area (Å²) in [6.07, 6.45) is 0. The van der Waals surface area contributed by atoms with Crippen molar-refractivity contribution in [2.45, 2.75) is 25.3 Å². The lowest BCUT2D eigenvalue weighted by Crippen LogP contribution is -2.57. The van der Waals surface area contributed by atoms with Gasteiger partial charge in [0.1, 0.15) is 0 Å². The van der Waals surface area contributed by atoms with Crippen molar-refractivity contribution in [1.29, 1.82) is 0 Å². The summed E-state index contributed by atoms with van der Waals surface area (Å²) in [7, 11) is 2.23. The van der Waals surface area contributed by atoms with Crippen LogP contribution in [-0.2, 0) is 5.41 Å². The second-order valence-corrected chi connectivity index (χ2v) is 5.29. The van der Waals surface area contributed by atoms with Gasteiger partial charge in [0.25, 0.3) is 0 Å². The molecule has 16 heavy (non-hydrogen) atoms. The maximum Gasteiger partial charge on any atom is 0.0309 e. The maximum atomic E-state index is 3.50. The zero-order valence-electron chi connectivity index (χ0n) is 10.5. The highest BCUT2D eigenvalue weighted by Gasteiger charge is 2.35. The Morgan fingerprint density at radius 2 is 1.94 bits per heavy atom. The molecule has 1 unspecified atom stereocenters. The van der Waals surface area contributed by atoms with Gasteiger partial charge in [-0.05, 0) is 12.6 Å². The molecule has 2 heteroatoms. The molecule has 0 aliphatic carbocycles. The van der Waals surface area contributed by atoms with Crippen LogP contribution in [0.2, 0.25) is 0 Å². The van der Waals surface area contributed by atoms with E-state index < -0.39 is 0 Å². The van der Waals surface area contributed by atoms with Gasteiger partial charge in [-0.15, -0.1) is 0 Å². The zero-order chi connectivity index (χ0) is 11.6. The number of piperazine rings is 1. The Hall–Kier alpha value is -0.860. The molecule has 1 aromatic rings. The highest BCUT2D eigenvalue weighted by atomic mass is 15.2. The Kier molecular flexibility index (Phi) is 3.31. The number of likely N-dealkylation sites (N-methyl/N-ethyl adjacent to an activating group) is 1. The van der Waals surface area contributed by atoms with Crippen LogP contribution in [0.5, 0.6) is 0 Å². The lowest BCUT2D eigenvalue weighted by molar-refractivity contribution is 0.134. The van der Waals surface area contributed by atoms with E-state index in [4.69, 9.17) is 0 Å². The minimum Gasteiger partial charge on any atom is -0.314 e. The molecule has 88 valence electrons. The van der Waals surface area contributed by atoms with E-state index in [-0.39, 0.29) is 5.41 Å². The molecule has 1 aromatic carbocycles. The van der Waals surface area contributed by atoms with E-state index in [1.54, 1.807) is 0 Å². The van der Waals surface area contributed by atoms with Gasteiger partial charge in [0, 0.05) is 31.1 Å². The Morgan fingerprint density at radius 3 is 2.56 bits per heavy atom. The summed E-state index contributed by atoms with van der Waals surface area (Å²) >= 11 is 0. The minimum atomic E-state index is 0.198. The second-order valence-electron chi connectivity index (χ2n) is 5.29. The number of hydrogen-bond donors (Lipinski definition) is 1. The first-order valence-corrected chi connectivity index (χ1v) is 6.09.